The van der Waals surface area contributed by atoms with Crippen LogP contribution < -0.4 is 15.6 Å². The molecule has 1 aliphatic carbocycles. The first-order chi connectivity index (χ1) is 11.8. The third kappa shape index (κ3) is 2.64. The van der Waals surface area contributed by atoms with Gasteiger partial charge in [0.1, 0.15) is 0 Å². The number of nitrogens with one attached hydrogen (secondary N) is 1. The van der Waals surface area contributed by atoms with Crippen LogP contribution >= 0.6 is 11.6 Å². The normalized spacial score (nSPS) is 22.4. The van der Waals surface area contributed by atoms with Crippen molar-refractivity contribution in [2.75, 3.05) is 24.5 Å². The van der Waals surface area contributed by atoms with E-state index in [9.17, 15) is 4.79 Å². The number of halogens is 2. The topological polar surface area (TPSA) is 37.3 Å². The van der Waals surface area contributed by atoms with Gasteiger partial charge in [0.25, 0.3) is 0 Å². The maximum absolute atomic E-state index is 15.7. The van der Waals surface area contributed by atoms with Gasteiger partial charge in [0.05, 0.1) is 21.6 Å². The fourth-order valence-corrected chi connectivity index (χ4v) is 4.12. The van der Waals surface area contributed by atoms with E-state index in [-0.39, 0.29) is 22.8 Å². The molecular formula is C19H23ClFN3O. The van der Waals surface area contributed by atoms with Gasteiger partial charge in [0.2, 0.25) is 0 Å². The highest BCUT2D eigenvalue weighted by Crippen LogP contribution is 2.46. The van der Waals surface area contributed by atoms with Crippen molar-refractivity contribution in [1.29, 1.82) is 0 Å². The van der Waals surface area contributed by atoms with Gasteiger partial charge in [0, 0.05) is 43.0 Å². The highest BCUT2D eigenvalue weighted by Gasteiger charge is 2.41. The van der Waals surface area contributed by atoms with Crippen LogP contribution in [0.4, 0.5) is 10.1 Å². The molecule has 1 N–H and O–H groups in total. The number of fused-ring (bicyclic) bond motifs is 1. The highest BCUT2D eigenvalue weighted by atomic mass is 35.5. The molecule has 2 heterocycles. The fourth-order valence-electron chi connectivity index (χ4n) is 3.81. The first kappa shape index (κ1) is 16.9. The molecule has 4 rings (SSSR count). The fraction of sp³-hybridized carbons (Fsp3) is 0.526. The highest BCUT2D eigenvalue weighted by molar-refractivity contribution is 6.34. The molecule has 1 aliphatic heterocycles. The molecule has 0 spiro atoms. The van der Waals surface area contributed by atoms with Crippen molar-refractivity contribution in [1.82, 2.24) is 9.88 Å². The third-order valence-corrected chi connectivity index (χ3v) is 5.86. The van der Waals surface area contributed by atoms with E-state index < -0.39 is 0 Å². The van der Waals surface area contributed by atoms with Crippen LogP contribution in [0.2, 0.25) is 5.02 Å². The SMILES string of the molecule is Cc1cn(C2(C)CC2)c2c(F)c(N3CCNC(C)C3)c(Cl)cc2c1=O. The van der Waals surface area contributed by atoms with Crippen molar-refractivity contribution in [2.24, 2.45) is 0 Å². The van der Waals surface area contributed by atoms with E-state index >= 15 is 4.39 Å². The van der Waals surface area contributed by atoms with E-state index in [1.54, 1.807) is 19.2 Å². The van der Waals surface area contributed by atoms with E-state index in [1.807, 2.05) is 9.47 Å². The first-order valence-electron chi connectivity index (χ1n) is 8.84. The minimum absolute atomic E-state index is 0.112. The lowest BCUT2D eigenvalue weighted by Gasteiger charge is -2.35. The standard InChI is InChI=1S/C19H23ClFN3O/c1-11-9-24(19(3)4-5-19)16-13(18(11)25)8-14(20)17(15(16)21)23-7-6-22-12(2)10-23/h8-9,12,22H,4-7,10H2,1-3H3. The summed E-state index contributed by atoms with van der Waals surface area (Å²) in [5.41, 5.74) is 1.18. The number of pyridine rings is 1. The van der Waals surface area contributed by atoms with Crippen LogP contribution in [0.5, 0.6) is 0 Å². The molecule has 0 radical (unpaired) electrons. The summed E-state index contributed by atoms with van der Waals surface area (Å²) in [4.78, 5) is 14.6. The van der Waals surface area contributed by atoms with Crippen molar-refractivity contribution >= 4 is 28.2 Å². The zero-order chi connectivity index (χ0) is 17.9. The quantitative estimate of drug-likeness (QED) is 0.888. The molecule has 1 unspecified atom stereocenters. The molecule has 25 heavy (non-hydrogen) atoms. The number of aromatic nitrogens is 1. The Hall–Kier alpha value is -1.59. The Morgan fingerprint density at radius 3 is 2.76 bits per heavy atom. The zero-order valence-corrected chi connectivity index (χ0v) is 15.6. The summed E-state index contributed by atoms with van der Waals surface area (Å²) >= 11 is 6.45. The maximum atomic E-state index is 15.7. The molecule has 1 aromatic carbocycles. The molecule has 134 valence electrons. The number of hydrogen-bond acceptors (Lipinski definition) is 3. The molecular weight excluding hydrogens is 341 g/mol. The Bertz CT molecular complexity index is 919. The van der Waals surface area contributed by atoms with Gasteiger partial charge in [-0.3, -0.25) is 4.79 Å². The summed E-state index contributed by atoms with van der Waals surface area (Å²) < 4.78 is 17.6. The molecule has 0 amide bonds. The summed E-state index contributed by atoms with van der Waals surface area (Å²) in [6.07, 6.45) is 3.79. The molecule has 1 saturated heterocycles. The molecule has 1 atom stereocenters. The Morgan fingerprint density at radius 2 is 2.12 bits per heavy atom. The Morgan fingerprint density at radius 1 is 1.40 bits per heavy atom. The number of nitrogens with zero attached hydrogens (tertiary/aromatic N) is 2. The van der Waals surface area contributed by atoms with E-state index in [0.29, 0.717) is 40.3 Å². The predicted octanol–water partition coefficient (Wildman–Crippen LogP) is 3.41. The van der Waals surface area contributed by atoms with Crippen molar-refractivity contribution in [3.05, 3.63) is 38.9 Å². The number of benzene rings is 1. The average Bonchev–Trinajstić information content (AvgIpc) is 3.30. The van der Waals surface area contributed by atoms with E-state index in [1.165, 1.54) is 0 Å². The number of anilines is 1. The Labute approximate surface area is 151 Å². The third-order valence-electron chi connectivity index (χ3n) is 5.57. The summed E-state index contributed by atoms with van der Waals surface area (Å²) in [5, 5.41) is 4.05. The molecule has 4 nitrogen and oxygen atoms in total. The van der Waals surface area contributed by atoms with Crippen LogP contribution in [0.3, 0.4) is 0 Å². The molecule has 2 aromatic rings. The number of piperazine rings is 1. The van der Waals surface area contributed by atoms with Crippen LogP contribution in [0, 0.1) is 12.7 Å². The number of rotatable bonds is 2. The van der Waals surface area contributed by atoms with Crippen LogP contribution in [-0.2, 0) is 5.54 Å². The lowest BCUT2D eigenvalue weighted by molar-refractivity contribution is 0.477. The van der Waals surface area contributed by atoms with E-state index in [2.05, 4.69) is 19.2 Å². The van der Waals surface area contributed by atoms with E-state index in [0.717, 1.165) is 19.4 Å². The summed E-state index contributed by atoms with van der Waals surface area (Å²) in [6.45, 7) is 8.13. The Balaban J connectivity index is 2.00. The van der Waals surface area contributed by atoms with Gasteiger partial charge in [0.15, 0.2) is 11.2 Å². The van der Waals surface area contributed by atoms with Crippen LogP contribution in [-0.4, -0.2) is 30.2 Å². The van der Waals surface area contributed by atoms with Crippen LogP contribution in [0.1, 0.15) is 32.3 Å². The number of hydrogen-bond donors (Lipinski definition) is 1. The van der Waals surface area contributed by atoms with Gasteiger partial charge in [-0.15, -0.1) is 0 Å². The van der Waals surface area contributed by atoms with Gasteiger partial charge in [-0.1, -0.05) is 11.6 Å². The summed E-state index contributed by atoms with van der Waals surface area (Å²) in [5.74, 6) is -0.373. The lowest BCUT2D eigenvalue weighted by Crippen LogP contribution is -2.49. The molecule has 1 saturated carbocycles. The molecule has 6 heteroatoms. The average molecular weight is 364 g/mol. The molecule has 2 fully saturated rings. The van der Waals surface area contributed by atoms with Gasteiger partial charge in [-0.05, 0) is 39.7 Å². The van der Waals surface area contributed by atoms with Crippen molar-refractivity contribution < 1.29 is 4.39 Å². The molecule has 0 bridgehead atoms. The molecule has 1 aromatic heterocycles. The summed E-state index contributed by atoms with van der Waals surface area (Å²) in [6, 6.07) is 1.92. The largest absolute Gasteiger partial charge is 0.365 e. The van der Waals surface area contributed by atoms with Gasteiger partial charge in [-0.2, -0.15) is 0 Å². The van der Waals surface area contributed by atoms with Gasteiger partial charge >= 0.3 is 0 Å². The second kappa shape index (κ2) is 5.71. The van der Waals surface area contributed by atoms with Gasteiger partial charge in [-0.25, -0.2) is 4.39 Å². The zero-order valence-electron chi connectivity index (χ0n) is 14.8. The minimum atomic E-state index is -0.373. The predicted molar refractivity (Wildman–Crippen MR) is 100 cm³/mol. The van der Waals surface area contributed by atoms with Crippen LogP contribution in [0.15, 0.2) is 17.1 Å². The van der Waals surface area contributed by atoms with Gasteiger partial charge < -0.3 is 14.8 Å². The van der Waals surface area contributed by atoms with Crippen LogP contribution in [0.25, 0.3) is 10.9 Å². The number of aryl methyl sites for hydroxylation is 1. The second-order valence-corrected chi connectivity index (χ2v) is 8.13. The maximum Gasteiger partial charge on any atom is 0.192 e. The monoisotopic (exact) mass is 363 g/mol. The first-order valence-corrected chi connectivity index (χ1v) is 9.22. The van der Waals surface area contributed by atoms with Crippen molar-refractivity contribution in [3.63, 3.8) is 0 Å². The smallest absolute Gasteiger partial charge is 0.192 e. The Kier molecular flexibility index (Phi) is 3.85. The van der Waals surface area contributed by atoms with Crippen molar-refractivity contribution in [3.8, 4) is 0 Å². The van der Waals surface area contributed by atoms with E-state index in [4.69, 9.17) is 11.6 Å². The summed E-state index contributed by atoms with van der Waals surface area (Å²) in [7, 11) is 0. The second-order valence-electron chi connectivity index (χ2n) is 7.73. The minimum Gasteiger partial charge on any atom is -0.365 e. The lowest BCUT2D eigenvalue weighted by atomic mass is 10.1. The molecule has 2 aliphatic rings. The van der Waals surface area contributed by atoms with Crippen molar-refractivity contribution in [2.45, 2.75) is 45.2 Å².